The van der Waals surface area contributed by atoms with Crippen molar-refractivity contribution in [3.05, 3.63) is 35.9 Å². The standard InChI is InChI=1S/C18H25N5O4/c1-12(2)17-20-15(27-21-17)10-22(3)16(24)8-14-18(25)19-5-6-23(14)9-13-4-7-26-11-13/h4,7,11-12,14H,5-6,8-10H2,1-3H3,(H,19,25). The first-order valence-corrected chi connectivity index (χ1v) is 9.03. The number of piperazine rings is 1. The van der Waals surface area contributed by atoms with E-state index >= 15 is 0 Å². The Bertz CT molecular complexity index is 771. The van der Waals surface area contributed by atoms with E-state index in [0.717, 1.165) is 5.56 Å². The molecule has 1 saturated heterocycles. The first kappa shape index (κ1) is 19.1. The van der Waals surface area contributed by atoms with Gasteiger partial charge in [-0.2, -0.15) is 4.98 Å². The normalized spacial score (nSPS) is 17.9. The minimum Gasteiger partial charge on any atom is -0.472 e. The second-order valence-electron chi connectivity index (χ2n) is 7.06. The van der Waals surface area contributed by atoms with Gasteiger partial charge in [-0.1, -0.05) is 19.0 Å². The third-order valence-corrected chi connectivity index (χ3v) is 4.57. The van der Waals surface area contributed by atoms with E-state index in [1.807, 2.05) is 24.8 Å². The van der Waals surface area contributed by atoms with Crippen molar-refractivity contribution < 1.29 is 18.5 Å². The van der Waals surface area contributed by atoms with Crippen LogP contribution in [0.15, 0.2) is 27.5 Å². The summed E-state index contributed by atoms with van der Waals surface area (Å²) in [7, 11) is 1.67. The maximum atomic E-state index is 12.7. The first-order valence-electron chi connectivity index (χ1n) is 9.03. The maximum Gasteiger partial charge on any atom is 0.246 e. The summed E-state index contributed by atoms with van der Waals surface area (Å²) in [4.78, 5) is 32.8. The number of aromatic nitrogens is 2. The minimum atomic E-state index is -0.516. The number of carbonyl (C=O) groups excluding carboxylic acids is 2. The molecule has 1 N–H and O–H groups in total. The van der Waals surface area contributed by atoms with Crippen molar-refractivity contribution in [2.45, 2.75) is 45.3 Å². The largest absolute Gasteiger partial charge is 0.472 e. The fraction of sp³-hybridized carbons (Fsp3) is 0.556. The number of amides is 2. The van der Waals surface area contributed by atoms with Gasteiger partial charge in [-0.05, 0) is 6.07 Å². The molecule has 146 valence electrons. The summed E-state index contributed by atoms with van der Waals surface area (Å²) in [6, 6.07) is 1.34. The lowest BCUT2D eigenvalue weighted by molar-refractivity contribution is -0.138. The molecule has 0 spiro atoms. The van der Waals surface area contributed by atoms with E-state index in [2.05, 4.69) is 15.5 Å². The van der Waals surface area contributed by atoms with Crippen LogP contribution in [0.3, 0.4) is 0 Å². The molecule has 0 radical (unpaired) electrons. The van der Waals surface area contributed by atoms with Crippen LogP contribution in [0.4, 0.5) is 0 Å². The van der Waals surface area contributed by atoms with Crippen molar-refractivity contribution in [2.24, 2.45) is 0 Å². The van der Waals surface area contributed by atoms with Crippen molar-refractivity contribution in [2.75, 3.05) is 20.1 Å². The van der Waals surface area contributed by atoms with Gasteiger partial charge in [-0.15, -0.1) is 0 Å². The molecular weight excluding hydrogens is 350 g/mol. The highest BCUT2D eigenvalue weighted by Crippen LogP contribution is 2.16. The molecule has 2 aromatic heterocycles. The Labute approximate surface area is 157 Å². The van der Waals surface area contributed by atoms with Crippen molar-refractivity contribution in [1.82, 2.24) is 25.3 Å². The Morgan fingerprint density at radius 2 is 2.30 bits per heavy atom. The highest BCUT2D eigenvalue weighted by atomic mass is 16.5. The average Bonchev–Trinajstić information content (AvgIpc) is 3.29. The second-order valence-corrected chi connectivity index (χ2v) is 7.06. The fourth-order valence-corrected chi connectivity index (χ4v) is 2.97. The topological polar surface area (TPSA) is 105 Å². The molecule has 0 bridgehead atoms. The number of hydrogen-bond acceptors (Lipinski definition) is 7. The predicted octanol–water partition coefficient (Wildman–Crippen LogP) is 1.14. The third-order valence-electron chi connectivity index (χ3n) is 4.57. The lowest BCUT2D eigenvalue weighted by atomic mass is 10.1. The Balaban J connectivity index is 1.61. The van der Waals surface area contributed by atoms with Crippen molar-refractivity contribution in [3.8, 4) is 0 Å². The second kappa shape index (κ2) is 8.34. The number of carbonyl (C=O) groups is 2. The van der Waals surface area contributed by atoms with E-state index in [9.17, 15) is 9.59 Å². The number of nitrogens with zero attached hydrogens (tertiary/aromatic N) is 4. The molecule has 9 nitrogen and oxygen atoms in total. The Morgan fingerprint density at radius 3 is 2.96 bits per heavy atom. The van der Waals surface area contributed by atoms with Crippen LogP contribution in [0.2, 0.25) is 0 Å². The summed E-state index contributed by atoms with van der Waals surface area (Å²) in [6.45, 7) is 5.97. The van der Waals surface area contributed by atoms with Crippen LogP contribution in [0.25, 0.3) is 0 Å². The lowest BCUT2D eigenvalue weighted by Gasteiger charge is -2.35. The van der Waals surface area contributed by atoms with Crippen LogP contribution in [0.1, 0.15) is 43.5 Å². The van der Waals surface area contributed by atoms with Gasteiger partial charge in [-0.25, -0.2) is 0 Å². The number of furan rings is 1. The molecule has 0 aliphatic carbocycles. The summed E-state index contributed by atoms with van der Waals surface area (Å²) in [6.07, 6.45) is 3.34. The van der Waals surface area contributed by atoms with Gasteiger partial charge < -0.3 is 19.2 Å². The molecule has 27 heavy (non-hydrogen) atoms. The van der Waals surface area contributed by atoms with E-state index in [1.165, 1.54) is 4.90 Å². The van der Waals surface area contributed by atoms with Gasteiger partial charge in [0.2, 0.25) is 17.7 Å². The van der Waals surface area contributed by atoms with E-state index in [-0.39, 0.29) is 30.7 Å². The Kier molecular flexibility index (Phi) is 5.90. The highest BCUT2D eigenvalue weighted by molar-refractivity contribution is 5.88. The van der Waals surface area contributed by atoms with Crippen LogP contribution in [-0.2, 0) is 22.7 Å². The fourth-order valence-electron chi connectivity index (χ4n) is 2.97. The SMILES string of the molecule is CC(C)c1noc(CN(C)C(=O)CC2C(=O)NCCN2Cc2ccoc2)n1. The van der Waals surface area contributed by atoms with Gasteiger partial charge in [0, 0.05) is 38.2 Å². The van der Waals surface area contributed by atoms with Crippen LogP contribution < -0.4 is 5.32 Å². The first-order chi connectivity index (χ1) is 12.9. The molecular formula is C18H25N5O4. The average molecular weight is 375 g/mol. The molecule has 0 aromatic carbocycles. The highest BCUT2D eigenvalue weighted by Gasteiger charge is 2.32. The summed E-state index contributed by atoms with van der Waals surface area (Å²) < 4.78 is 10.3. The monoisotopic (exact) mass is 375 g/mol. The summed E-state index contributed by atoms with van der Waals surface area (Å²) in [5, 5.41) is 6.74. The predicted molar refractivity (Wildman–Crippen MR) is 95.4 cm³/mol. The lowest BCUT2D eigenvalue weighted by Crippen LogP contribution is -2.56. The molecule has 0 saturated carbocycles. The van der Waals surface area contributed by atoms with Gasteiger partial charge in [0.25, 0.3) is 0 Å². The van der Waals surface area contributed by atoms with Gasteiger partial charge in [0.05, 0.1) is 31.5 Å². The number of hydrogen-bond donors (Lipinski definition) is 1. The van der Waals surface area contributed by atoms with Gasteiger partial charge >= 0.3 is 0 Å². The minimum absolute atomic E-state index is 0.0887. The molecule has 1 unspecified atom stereocenters. The van der Waals surface area contributed by atoms with E-state index < -0.39 is 6.04 Å². The van der Waals surface area contributed by atoms with Gasteiger partial charge in [0.15, 0.2) is 5.82 Å². The molecule has 9 heteroatoms. The molecule has 1 aliphatic rings. The molecule has 1 aliphatic heterocycles. The zero-order valence-corrected chi connectivity index (χ0v) is 15.8. The maximum absolute atomic E-state index is 12.7. The number of rotatable bonds is 7. The van der Waals surface area contributed by atoms with Crippen LogP contribution in [0, 0.1) is 0 Å². The van der Waals surface area contributed by atoms with Crippen LogP contribution >= 0.6 is 0 Å². The summed E-state index contributed by atoms with van der Waals surface area (Å²) in [5.41, 5.74) is 0.975. The quantitative estimate of drug-likeness (QED) is 0.773. The van der Waals surface area contributed by atoms with Gasteiger partial charge in [0.1, 0.15) is 0 Å². The zero-order valence-electron chi connectivity index (χ0n) is 15.8. The van der Waals surface area contributed by atoms with Gasteiger partial charge in [-0.3, -0.25) is 14.5 Å². The summed E-state index contributed by atoms with van der Waals surface area (Å²) >= 11 is 0. The molecule has 1 fully saturated rings. The molecule has 1 atom stereocenters. The van der Waals surface area contributed by atoms with E-state index in [4.69, 9.17) is 8.94 Å². The molecule has 2 amide bonds. The smallest absolute Gasteiger partial charge is 0.246 e. The zero-order chi connectivity index (χ0) is 19.4. The molecule has 3 heterocycles. The Morgan fingerprint density at radius 1 is 1.48 bits per heavy atom. The van der Waals surface area contributed by atoms with Crippen LogP contribution in [0.5, 0.6) is 0 Å². The third kappa shape index (κ3) is 4.73. The summed E-state index contributed by atoms with van der Waals surface area (Å²) in [5.74, 6) is 0.873. The molecule has 2 aromatic rings. The van der Waals surface area contributed by atoms with Crippen LogP contribution in [-0.4, -0.2) is 57.9 Å². The number of nitrogens with one attached hydrogen (secondary N) is 1. The Hall–Kier alpha value is -2.68. The van der Waals surface area contributed by atoms with E-state index in [0.29, 0.717) is 31.3 Å². The van der Waals surface area contributed by atoms with Crippen molar-refractivity contribution in [1.29, 1.82) is 0 Å². The van der Waals surface area contributed by atoms with E-state index in [1.54, 1.807) is 19.6 Å². The van der Waals surface area contributed by atoms with Crippen molar-refractivity contribution in [3.63, 3.8) is 0 Å². The molecule has 3 rings (SSSR count). The van der Waals surface area contributed by atoms with Crippen molar-refractivity contribution >= 4 is 11.8 Å².